The van der Waals surface area contributed by atoms with Gasteiger partial charge in [-0.15, -0.1) is 0 Å². The van der Waals surface area contributed by atoms with Crippen molar-refractivity contribution in [3.8, 4) is 0 Å². The predicted octanol–water partition coefficient (Wildman–Crippen LogP) is 1.36. The Labute approximate surface area is 118 Å². The summed E-state index contributed by atoms with van der Waals surface area (Å²) >= 11 is 0. The zero-order valence-corrected chi connectivity index (χ0v) is 11.7. The fraction of sp³-hybridized carbons (Fsp3) is 0.333. The molecule has 20 heavy (non-hydrogen) atoms. The number of carbonyl (C=O) groups excluding carboxylic acids is 1. The highest BCUT2D eigenvalue weighted by Crippen LogP contribution is 2.10. The molecule has 1 atom stereocenters. The lowest BCUT2D eigenvalue weighted by Crippen LogP contribution is -2.39. The van der Waals surface area contributed by atoms with Crippen LogP contribution in [0.15, 0.2) is 30.3 Å². The molecule has 106 valence electrons. The fourth-order valence-electron chi connectivity index (χ4n) is 2.20. The zero-order valence-electron chi connectivity index (χ0n) is 11.7. The van der Waals surface area contributed by atoms with Gasteiger partial charge in [-0.2, -0.15) is 5.10 Å². The summed E-state index contributed by atoms with van der Waals surface area (Å²) in [5, 5.41) is 19.1. The molecule has 0 aliphatic carbocycles. The number of nitrogens with zero attached hydrogens (tertiary/aromatic N) is 1. The van der Waals surface area contributed by atoms with E-state index in [0.717, 1.165) is 11.3 Å². The van der Waals surface area contributed by atoms with Crippen LogP contribution in [0.4, 0.5) is 0 Å². The quantitative estimate of drug-likeness (QED) is 0.769. The summed E-state index contributed by atoms with van der Waals surface area (Å²) in [7, 11) is 0. The van der Waals surface area contributed by atoms with Gasteiger partial charge in [0.15, 0.2) is 0 Å². The Kier molecular flexibility index (Phi) is 4.53. The SMILES string of the molecule is Cc1n[nH]c(C)c1C(=O)N[C@@H](CO)Cc1ccccc1. The maximum atomic E-state index is 12.2. The summed E-state index contributed by atoms with van der Waals surface area (Å²) in [6.45, 7) is 3.49. The molecule has 2 rings (SSSR count). The van der Waals surface area contributed by atoms with Crippen LogP contribution in [0.5, 0.6) is 0 Å². The summed E-state index contributed by atoms with van der Waals surface area (Å²) in [6, 6.07) is 9.46. The second kappa shape index (κ2) is 6.34. The van der Waals surface area contributed by atoms with Gasteiger partial charge in [-0.1, -0.05) is 30.3 Å². The zero-order chi connectivity index (χ0) is 14.5. The van der Waals surface area contributed by atoms with E-state index in [-0.39, 0.29) is 18.6 Å². The van der Waals surface area contributed by atoms with Crippen molar-refractivity contribution in [2.75, 3.05) is 6.61 Å². The summed E-state index contributed by atoms with van der Waals surface area (Å²) in [5.41, 5.74) is 3.02. The highest BCUT2D eigenvalue weighted by molar-refractivity contribution is 5.96. The molecule has 0 fully saturated rings. The summed E-state index contributed by atoms with van der Waals surface area (Å²) in [4.78, 5) is 12.2. The fourth-order valence-corrected chi connectivity index (χ4v) is 2.20. The summed E-state index contributed by atoms with van der Waals surface area (Å²) < 4.78 is 0. The lowest BCUT2D eigenvalue weighted by atomic mass is 10.1. The van der Waals surface area contributed by atoms with Gasteiger partial charge in [0.25, 0.3) is 5.91 Å². The molecule has 2 aromatic rings. The first-order valence-electron chi connectivity index (χ1n) is 6.59. The first-order valence-corrected chi connectivity index (χ1v) is 6.59. The second-order valence-corrected chi connectivity index (χ2v) is 4.85. The summed E-state index contributed by atoms with van der Waals surface area (Å²) in [5.74, 6) is -0.205. The van der Waals surface area contributed by atoms with E-state index in [9.17, 15) is 9.90 Å². The van der Waals surface area contributed by atoms with Gasteiger partial charge in [-0.05, 0) is 25.8 Å². The molecule has 0 aliphatic rings. The molecule has 0 saturated heterocycles. The minimum atomic E-state index is -0.307. The van der Waals surface area contributed by atoms with Crippen LogP contribution in [-0.2, 0) is 6.42 Å². The van der Waals surface area contributed by atoms with Crippen molar-refractivity contribution in [3.05, 3.63) is 52.8 Å². The number of benzene rings is 1. The average molecular weight is 273 g/mol. The van der Waals surface area contributed by atoms with Crippen molar-refractivity contribution in [2.45, 2.75) is 26.3 Å². The van der Waals surface area contributed by atoms with Crippen molar-refractivity contribution in [1.29, 1.82) is 0 Å². The van der Waals surface area contributed by atoms with Gasteiger partial charge in [0, 0.05) is 5.69 Å². The first kappa shape index (κ1) is 14.3. The molecule has 0 spiro atoms. The predicted molar refractivity (Wildman–Crippen MR) is 76.5 cm³/mol. The number of carbonyl (C=O) groups is 1. The third-order valence-electron chi connectivity index (χ3n) is 3.24. The number of H-pyrrole nitrogens is 1. The van der Waals surface area contributed by atoms with E-state index >= 15 is 0 Å². The Morgan fingerprint density at radius 3 is 2.60 bits per heavy atom. The minimum absolute atomic E-state index is 0.101. The van der Waals surface area contributed by atoms with Gasteiger partial charge in [0.1, 0.15) is 0 Å². The highest BCUT2D eigenvalue weighted by atomic mass is 16.3. The maximum absolute atomic E-state index is 12.2. The van der Waals surface area contributed by atoms with Crippen LogP contribution in [0.2, 0.25) is 0 Å². The summed E-state index contributed by atoms with van der Waals surface area (Å²) in [6.07, 6.45) is 0.596. The molecule has 1 aromatic heterocycles. The van der Waals surface area contributed by atoms with E-state index in [1.807, 2.05) is 30.3 Å². The van der Waals surface area contributed by atoms with Gasteiger partial charge >= 0.3 is 0 Å². The molecule has 3 N–H and O–H groups in total. The van der Waals surface area contributed by atoms with Gasteiger partial charge in [-0.3, -0.25) is 9.89 Å². The van der Waals surface area contributed by atoms with E-state index < -0.39 is 0 Å². The molecule has 5 heteroatoms. The number of aromatic nitrogens is 2. The van der Waals surface area contributed by atoms with Gasteiger partial charge in [-0.25, -0.2) is 0 Å². The normalized spacial score (nSPS) is 12.2. The Hall–Kier alpha value is -2.14. The van der Waals surface area contributed by atoms with Crippen molar-refractivity contribution in [3.63, 3.8) is 0 Å². The molecule has 1 amide bonds. The average Bonchev–Trinajstić information content (AvgIpc) is 2.78. The number of aliphatic hydroxyl groups excluding tert-OH is 1. The molecule has 5 nitrogen and oxygen atoms in total. The van der Waals surface area contributed by atoms with Crippen LogP contribution < -0.4 is 5.32 Å². The molecule has 1 heterocycles. The third kappa shape index (κ3) is 3.24. The molecule has 0 bridgehead atoms. The van der Waals surface area contributed by atoms with Crippen molar-refractivity contribution < 1.29 is 9.90 Å². The lowest BCUT2D eigenvalue weighted by molar-refractivity contribution is 0.0915. The Morgan fingerprint density at radius 1 is 1.35 bits per heavy atom. The van der Waals surface area contributed by atoms with Crippen LogP contribution in [0, 0.1) is 13.8 Å². The number of nitrogens with one attached hydrogen (secondary N) is 2. The lowest BCUT2D eigenvalue weighted by Gasteiger charge is -2.16. The van der Waals surface area contributed by atoms with Crippen molar-refractivity contribution >= 4 is 5.91 Å². The van der Waals surface area contributed by atoms with Crippen LogP contribution in [0.3, 0.4) is 0 Å². The first-order chi connectivity index (χ1) is 9.61. The van der Waals surface area contributed by atoms with Crippen molar-refractivity contribution in [2.24, 2.45) is 0 Å². The molecule has 0 unspecified atom stereocenters. The standard InChI is InChI=1S/C15H19N3O2/c1-10-14(11(2)18-17-10)15(20)16-13(9-19)8-12-6-4-3-5-7-12/h3-7,13,19H,8-9H2,1-2H3,(H,16,20)(H,17,18)/t13-/m1/s1. The van der Waals surface area contributed by atoms with E-state index in [1.54, 1.807) is 13.8 Å². The molecule has 0 aliphatic heterocycles. The van der Waals surface area contributed by atoms with Crippen molar-refractivity contribution in [1.82, 2.24) is 15.5 Å². The molecular formula is C15H19N3O2. The van der Waals surface area contributed by atoms with E-state index in [0.29, 0.717) is 17.7 Å². The molecule has 0 saturated carbocycles. The molecule has 1 aromatic carbocycles. The number of aryl methyl sites for hydroxylation is 2. The maximum Gasteiger partial charge on any atom is 0.255 e. The van der Waals surface area contributed by atoms with Crippen LogP contribution in [-0.4, -0.2) is 33.9 Å². The van der Waals surface area contributed by atoms with Crippen LogP contribution in [0.25, 0.3) is 0 Å². The van der Waals surface area contributed by atoms with Gasteiger partial charge in [0.2, 0.25) is 0 Å². The Balaban J connectivity index is 2.05. The largest absolute Gasteiger partial charge is 0.394 e. The van der Waals surface area contributed by atoms with Crippen LogP contribution >= 0.6 is 0 Å². The number of rotatable bonds is 5. The van der Waals surface area contributed by atoms with Gasteiger partial charge < -0.3 is 10.4 Å². The number of aliphatic hydroxyl groups is 1. The highest BCUT2D eigenvalue weighted by Gasteiger charge is 2.18. The number of hydrogen-bond acceptors (Lipinski definition) is 3. The number of hydrogen-bond donors (Lipinski definition) is 3. The Bertz CT molecular complexity index is 559. The monoisotopic (exact) mass is 273 g/mol. The van der Waals surface area contributed by atoms with E-state index in [2.05, 4.69) is 15.5 Å². The molecule has 0 radical (unpaired) electrons. The van der Waals surface area contributed by atoms with E-state index in [4.69, 9.17) is 0 Å². The number of amides is 1. The molecular weight excluding hydrogens is 254 g/mol. The minimum Gasteiger partial charge on any atom is -0.394 e. The van der Waals surface area contributed by atoms with Gasteiger partial charge in [0.05, 0.1) is 23.9 Å². The number of aromatic amines is 1. The third-order valence-corrected chi connectivity index (χ3v) is 3.24. The Morgan fingerprint density at radius 2 is 2.05 bits per heavy atom. The smallest absolute Gasteiger partial charge is 0.255 e. The van der Waals surface area contributed by atoms with E-state index in [1.165, 1.54) is 0 Å². The van der Waals surface area contributed by atoms with Crippen LogP contribution in [0.1, 0.15) is 27.3 Å². The topological polar surface area (TPSA) is 78.0 Å². The second-order valence-electron chi connectivity index (χ2n) is 4.85.